The Kier molecular flexibility index (Phi) is 10.2. The van der Waals surface area contributed by atoms with Crippen LogP contribution in [0.2, 0.25) is 0 Å². The second-order valence-electron chi connectivity index (χ2n) is 7.69. The van der Waals surface area contributed by atoms with Crippen LogP contribution in [0.25, 0.3) is 0 Å². The van der Waals surface area contributed by atoms with Gasteiger partial charge in [0.05, 0.1) is 30.4 Å². The molecule has 0 aliphatic carbocycles. The smallest absolute Gasteiger partial charge is 0.323 e. The first-order valence-electron chi connectivity index (χ1n) is 10.7. The molecule has 0 saturated carbocycles. The minimum atomic E-state index is -1.73. The van der Waals surface area contributed by atoms with Gasteiger partial charge in [-0.15, -0.1) is 0 Å². The van der Waals surface area contributed by atoms with Crippen molar-refractivity contribution in [2.45, 2.75) is 6.92 Å². The number of ketones is 1. The number of carboxylic acids is 3. The number of halogens is 4. The average molecular weight is 545 g/mol. The third-order valence-electron chi connectivity index (χ3n) is 4.70. The number of aliphatic carboxylic acids is 3. The van der Waals surface area contributed by atoms with Crippen molar-refractivity contribution in [2.24, 2.45) is 0 Å². The lowest BCUT2D eigenvalue weighted by atomic mass is 10.2. The molecule has 38 heavy (non-hydrogen) atoms. The molecule has 15 heteroatoms. The lowest BCUT2D eigenvalue weighted by molar-refractivity contribution is -0.303. The van der Waals surface area contributed by atoms with Crippen LogP contribution >= 0.6 is 0 Å². The van der Waals surface area contributed by atoms with Crippen LogP contribution in [0.5, 0.6) is 11.5 Å². The Hall–Kier alpha value is -4.56. The van der Waals surface area contributed by atoms with Gasteiger partial charge < -0.3 is 39.4 Å². The van der Waals surface area contributed by atoms with E-state index in [2.05, 4.69) is 0 Å². The van der Waals surface area contributed by atoms with Crippen LogP contribution in [-0.4, -0.2) is 73.3 Å². The van der Waals surface area contributed by atoms with Crippen molar-refractivity contribution in [3.8, 4) is 11.5 Å². The molecule has 0 saturated heterocycles. The van der Waals surface area contributed by atoms with Crippen molar-refractivity contribution in [2.75, 3.05) is 49.2 Å². The second-order valence-corrected chi connectivity index (χ2v) is 7.69. The van der Waals surface area contributed by atoms with Gasteiger partial charge in [0.25, 0.3) is 0 Å². The zero-order valence-electron chi connectivity index (χ0n) is 19.7. The molecular formula is C23H21F4N2O9-. The van der Waals surface area contributed by atoms with Crippen LogP contribution in [0.1, 0.15) is 6.92 Å². The number of carbonyl (C=O) groups is 4. The minimum Gasteiger partial charge on any atom is -0.548 e. The largest absolute Gasteiger partial charge is 0.548 e. The first-order valence-corrected chi connectivity index (χ1v) is 10.7. The highest BCUT2D eigenvalue weighted by Crippen LogP contribution is 2.35. The van der Waals surface area contributed by atoms with Gasteiger partial charge in [0.2, 0.25) is 11.6 Å². The number of benzene rings is 2. The topological polar surface area (TPSA) is 157 Å². The second kappa shape index (κ2) is 13.1. The minimum absolute atomic E-state index is 0.291. The fourth-order valence-electron chi connectivity index (χ4n) is 3.31. The highest BCUT2D eigenvalue weighted by Gasteiger charge is 2.24. The molecule has 0 amide bonds. The predicted octanol–water partition coefficient (Wildman–Crippen LogP) is 0.822. The summed E-state index contributed by atoms with van der Waals surface area (Å²) in [5, 5.41) is 29.2. The van der Waals surface area contributed by atoms with Gasteiger partial charge in [0.15, 0.2) is 23.1 Å². The third-order valence-corrected chi connectivity index (χ3v) is 4.70. The van der Waals surface area contributed by atoms with E-state index in [0.29, 0.717) is 17.0 Å². The van der Waals surface area contributed by atoms with Gasteiger partial charge in [0, 0.05) is 0 Å². The molecule has 2 aromatic carbocycles. The summed E-state index contributed by atoms with van der Waals surface area (Å²) in [6.45, 7) is -3.42. The number of ether oxygens (including phenoxy) is 2. The van der Waals surface area contributed by atoms with E-state index in [-0.39, 0.29) is 5.69 Å². The number of Topliss-reactive ketones (excluding diaryl/α,β-unsaturated/α-hetero) is 1. The van der Waals surface area contributed by atoms with E-state index in [0.717, 1.165) is 24.0 Å². The van der Waals surface area contributed by atoms with Gasteiger partial charge in [0.1, 0.15) is 32.1 Å². The maximum Gasteiger partial charge on any atom is 0.323 e. The summed E-state index contributed by atoms with van der Waals surface area (Å²) in [5.41, 5.74) is -0.747. The molecule has 0 radical (unpaired) electrons. The third kappa shape index (κ3) is 7.97. The van der Waals surface area contributed by atoms with E-state index >= 15 is 0 Å². The quantitative estimate of drug-likeness (QED) is 0.241. The van der Waals surface area contributed by atoms with E-state index in [1.54, 1.807) is 0 Å². The molecule has 2 N–H and O–H groups in total. The highest BCUT2D eigenvalue weighted by molar-refractivity contribution is 5.85. The molecule has 2 rings (SSSR count). The number of hydrogen-bond acceptors (Lipinski definition) is 9. The van der Waals surface area contributed by atoms with E-state index in [9.17, 15) is 41.8 Å². The van der Waals surface area contributed by atoms with Crippen LogP contribution in [-0.2, 0) is 19.2 Å². The molecule has 0 fully saturated rings. The molecule has 206 valence electrons. The van der Waals surface area contributed by atoms with Crippen molar-refractivity contribution in [1.82, 2.24) is 0 Å². The van der Waals surface area contributed by atoms with Gasteiger partial charge in [-0.25, -0.2) is 8.78 Å². The van der Waals surface area contributed by atoms with E-state index in [4.69, 9.17) is 19.7 Å². The Morgan fingerprint density at radius 1 is 0.737 bits per heavy atom. The molecule has 0 spiro atoms. The van der Waals surface area contributed by atoms with Crippen LogP contribution < -0.4 is 24.4 Å². The molecule has 0 bridgehead atoms. The Morgan fingerprint density at radius 3 is 1.47 bits per heavy atom. The maximum atomic E-state index is 14.5. The molecule has 0 aliphatic heterocycles. The first-order chi connectivity index (χ1) is 17.8. The van der Waals surface area contributed by atoms with Crippen molar-refractivity contribution in [3.63, 3.8) is 0 Å². The Bertz CT molecular complexity index is 1100. The van der Waals surface area contributed by atoms with Crippen LogP contribution in [0.15, 0.2) is 24.3 Å². The van der Waals surface area contributed by atoms with E-state index < -0.39 is 104 Å². The van der Waals surface area contributed by atoms with Crippen LogP contribution in [0.3, 0.4) is 0 Å². The van der Waals surface area contributed by atoms with E-state index in [1.807, 2.05) is 0 Å². The summed E-state index contributed by atoms with van der Waals surface area (Å²) >= 11 is 0. The number of hydrogen-bond donors (Lipinski definition) is 2. The molecule has 0 atom stereocenters. The molecule has 0 heterocycles. The SMILES string of the molecule is CC(=O)CN(CC(=O)O)c1ccc(F)c(F)c1OCCOc1c(N(CC(=O)[O-])CC(=O)O)ccc(F)c1F. The number of carboxylic acid groups (broad SMARTS) is 3. The summed E-state index contributed by atoms with van der Waals surface area (Å²) in [6, 6.07) is 3.15. The lowest BCUT2D eigenvalue weighted by Crippen LogP contribution is -2.41. The van der Waals surface area contributed by atoms with Gasteiger partial charge in [-0.3, -0.25) is 14.4 Å². The van der Waals surface area contributed by atoms with Crippen LogP contribution in [0.4, 0.5) is 28.9 Å². The van der Waals surface area contributed by atoms with Gasteiger partial charge >= 0.3 is 11.9 Å². The zero-order chi connectivity index (χ0) is 28.6. The fraction of sp³-hybridized carbons (Fsp3) is 0.304. The van der Waals surface area contributed by atoms with Gasteiger partial charge in [-0.1, -0.05) is 0 Å². The normalized spacial score (nSPS) is 10.6. The summed E-state index contributed by atoms with van der Waals surface area (Å²) in [7, 11) is 0. The van der Waals surface area contributed by atoms with Gasteiger partial charge in [-0.05, 0) is 31.2 Å². The highest BCUT2D eigenvalue weighted by atomic mass is 19.2. The number of rotatable bonds is 15. The summed E-state index contributed by atoms with van der Waals surface area (Å²) in [4.78, 5) is 46.4. The molecule has 2 aromatic rings. The Balaban J connectivity index is 2.31. The van der Waals surface area contributed by atoms with Crippen molar-refractivity contribution < 1.29 is 61.5 Å². The Morgan fingerprint density at radius 2 is 1.13 bits per heavy atom. The Labute approximate surface area is 212 Å². The van der Waals surface area contributed by atoms with Crippen molar-refractivity contribution in [3.05, 3.63) is 47.5 Å². The number of anilines is 2. The predicted molar refractivity (Wildman–Crippen MR) is 119 cm³/mol. The average Bonchev–Trinajstić information content (AvgIpc) is 2.79. The summed E-state index contributed by atoms with van der Waals surface area (Å²) < 4.78 is 67.1. The van der Waals surface area contributed by atoms with E-state index in [1.165, 1.54) is 0 Å². The standard InChI is InChI=1S/C23H22F4N2O9/c1-12(30)8-28(9-17(31)32)15-4-2-13(24)20(26)22(15)37-6-7-38-23-16(5-3-14(25)21(23)27)29(10-18(33)34)11-19(35)36/h2-5H,6-11H2,1H3,(H,31,32)(H,33,34)(H,35,36)/p-1. The lowest BCUT2D eigenvalue weighted by Gasteiger charge is -2.26. The molecule has 0 aliphatic rings. The van der Waals surface area contributed by atoms with Crippen molar-refractivity contribution in [1.29, 1.82) is 0 Å². The first kappa shape index (κ1) is 29.7. The monoisotopic (exact) mass is 545 g/mol. The molecular weight excluding hydrogens is 524 g/mol. The maximum absolute atomic E-state index is 14.5. The molecule has 0 unspecified atom stereocenters. The number of carbonyl (C=O) groups excluding carboxylic acids is 2. The summed E-state index contributed by atoms with van der Waals surface area (Å²) in [6.07, 6.45) is 0. The number of nitrogens with zero attached hydrogens (tertiary/aromatic N) is 2. The fourth-order valence-corrected chi connectivity index (χ4v) is 3.31. The van der Waals surface area contributed by atoms with Gasteiger partial charge in [-0.2, -0.15) is 8.78 Å². The zero-order valence-corrected chi connectivity index (χ0v) is 19.7. The summed E-state index contributed by atoms with van der Waals surface area (Å²) in [5.74, 6) is -12.7. The van der Waals surface area contributed by atoms with Crippen molar-refractivity contribution >= 4 is 35.1 Å². The molecule has 0 aromatic heterocycles. The molecule has 11 nitrogen and oxygen atoms in total. The van der Waals surface area contributed by atoms with Crippen LogP contribution in [0, 0.1) is 23.3 Å².